The van der Waals surface area contributed by atoms with Crippen molar-refractivity contribution in [1.29, 1.82) is 0 Å². The van der Waals surface area contributed by atoms with Crippen LogP contribution in [-0.4, -0.2) is 53.1 Å². The van der Waals surface area contributed by atoms with E-state index in [-0.39, 0.29) is 29.4 Å². The van der Waals surface area contributed by atoms with Crippen molar-refractivity contribution in [2.75, 3.05) is 18.1 Å². The molecule has 2 aliphatic rings. The maximum Gasteiger partial charge on any atom is 0.227 e. The first-order valence-corrected chi connectivity index (χ1v) is 10.2. The normalized spacial score (nSPS) is 27.3. The van der Waals surface area contributed by atoms with Gasteiger partial charge in [0.2, 0.25) is 5.91 Å². The highest BCUT2D eigenvalue weighted by atomic mass is 32.2. The average Bonchev–Trinajstić information content (AvgIpc) is 3.01. The third kappa shape index (κ3) is 3.59. The number of sulfone groups is 1. The monoisotopic (exact) mass is 339 g/mol. The maximum atomic E-state index is 12.8. The van der Waals surface area contributed by atoms with Gasteiger partial charge in [0.25, 0.3) is 0 Å². The lowest BCUT2D eigenvalue weighted by Crippen LogP contribution is -2.48. The van der Waals surface area contributed by atoms with Crippen LogP contribution in [0.4, 0.5) is 0 Å². The Morgan fingerprint density at radius 2 is 2.09 bits per heavy atom. The van der Waals surface area contributed by atoms with E-state index in [0.29, 0.717) is 13.0 Å². The smallest absolute Gasteiger partial charge is 0.227 e. The fourth-order valence-electron chi connectivity index (χ4n) is 3.76. The van der Waals surface area contributed by atoms with Gasteiger partial charge in [0, 0.05) is 12.2 Å². The van der Waals surface area contributed by atoms with Gasteiger partial charge < -0.3 is 4.90 Å². The molecule has 6 nitrogen and oxygen atoms in total. The van der Waals surface area contributed by atoms with Crippen molar-refractivity contribution >= 4 is 15.7 Å². The Kier molecular flexibility index (Phi) is 4.49. The molecule has 2 aliphatic heterocycles. The molecule has 0 radical (unpaired) electrons. The van der Waals surface area contributed by atoms with Gasteiger partial charge in [-0.1, -0.05) is 0 Å². The summed E-state index contributed by atoms with van der Waals surface area (Å²) in [6.07, 6.45) is 3.55. The van der Waals surface area contributed by atoms with Crippen LogP contribution in [0.5, 0.6) is 0 Å². The molecule has 7 heteroatoms. The van der Waals surface area contributed by atoms with Gasteiger partial charge >= 0.3 is 0 Å². The number of carbonyl (C=O) groups excluding carboxylic acids is 1. The number of aryl methyl sites for hydroxylation is 2. The number of amides is 1. The summed E-state index contributed by atoms with van der Waals surface area (Å²) < 4.78 is 25.3. The Morgan fingerprint density at radius 3 is 2.70 bits per heavy atom. The lowest BCUT2D eigenvalue weighted by Gasteiger charge is -2.37. The second-order valence-electron chi connectivity index (χ2n) is 6.89. The highest BCUT2D eigenvalue weighted by molar-refractivity contribution is 7.91. The Hall–Kier alpha value is -1.37. The number of piperidine rings is 1. The van der Waals surface area contributed by atoms with Crippen LogP contribution in [-0.2, 0) is 21.2 Å². The Balaban J connectivity index is 1.73. The number of hydrogen-bond donors (Lipinski definition) is 0. The lowest BCUT2D eigenvalue weighted by atomic mass is 9.98. The Labute approximate surface area is 137 Å². The first-order chi connectivity index (χ1) is 10.9. The molecule has 2 atom stereocenters. The molecule has 0 unspecified atom stereocenters. The topological polar surface area (TPSA) is 72.3 Å². The van der Waals surface area contributed by atoms with Crippen LogP contribution in [0.15, 0.2) is 6.07 Å². The minimum atomic E-state index is -3.02. The van der Waals surface area contributed by atoms with E-state index in [9.17, 15) is 13.2 Å². The fourth-order valence-corrected chi connectivity index (χ4v) is 5.50. The summed E-state index contributed by atoms with van der Waals surface area (Å²) in [6.45, 7) is 5.43. The van der Waals surface area contributed by atoms with Gasteiger partial charge in [-0.25, -0.2) is 8.42 Å². The molecule has 0 N–H and O–H groups in total. The number of nitrogens with zero attached hydrogens (tertiary/aromatic N) is 3. The molecule has 0 aliphatic carbocycles. The van der Waals surface area contributed by atoms with E-state index in [2.05, 4.69) is 5.10 Å². The van der Waals surface area contributed by atoms with Crippen LogP contribution < -0.4 is 0 Å². The Morgan fingerprint density at radius 1 is 1.30 bits per heavy atom. The summed E-state index contributed by atoms with van der Waals surface area (Å²) in [6, 6.07) is 2.16. The van der Waals surface area contributed by atoms with Crippen molar-refractivity contribution in [3.63, 3.8) is 0 Å². The zero-order valence-electron chi connectivity index (χ0n) is 13.9. The SMILES string of the molecule is Cc1cc(C)n(C[C@H]2CCCCN2C(=O)[C@H]2CCS(=O)(=O)C2)n1. The number of aromatic nitrogens is 2. The molecule has 128 valence electrons. The average molecular weight is 339 g/mol. The van der Waals surface area contributed by atoms with E-state index in [1.165, 1.54) is 0 Å². The molecule has 23 heavy (non-hydrogen) atoms. The summed E-state index contributed by atoms with van der Waals surface area (Å²) in [5.74, 6) is -0.146. The zero-order valence-corrected chi connectivity index (χ0v) is 14.7. The number of carbonyl (C=O) groups is 1. The van der Waals surface area contributed by atoms with Crippen molar-refractivity contribution in [2.45, 2.75) is 52.1 Å². The van der Waals surface area contributed by atoms with E-state index in [0.717, 1.165) is 37.2 Å². The van der Waals surface area contributed by atoms with Gasteiger partial charge in [0.15, 0.2) is 9.84 Å². The predicted octanol–water partition coefficient (Wildman–Crippen LogP) is 1.32. The fraction of sp³-hybridized carbons (Fsp3) is 0.750. The van der Waals surface area contributed by atoms with Gasteiger partial charge in [-0.15, -0.1) is 0 Å². The predicted molar refractivity (Wildman–Crippen MR) is 87.8 cm³/mol. The van der Waals surface area contributed by atoms with Gasteiger partial charge in [-0.3, -0.25) is 9.48 Å². The van der Waals surface area contributed by atoms with Crippen molar-refractivity contribution in [3.8, 4) is 0 Å². The lowest BCUT2D eigenvalue weighted by molar-refractivity contribution is -0.138. The molecule has 0 aromatic carbocycles. The minimum Gasteiger partial charge on any atom is -0.338 e. The third-order valence-corrected chi connectivity index (χ3v) is 6.75. The molecular formula is C16H25N3O3S. The van der Waals surface area contributed by atoms with Crippen LogP contribution in [0.3, 0.4) is 0 Å². The number of hydrogen-bond acceptors (Lipinski definition) is 4. The molecule has 1 aromatic rings. The van der Waals surface area contributed by atoms with Crippen LogP contribution in [0.25, 0.3) is 0 Å². The van der Waals surface area contributed by atoms with Crippen molar-refractivity contribution in [3.05, 3.63) is 17.5 Å². The second kappa shape index (κ2) is 6.26. The molecule has 0 bridgehead atoms. The number of rotatable bonds is 3. The molecule has 0 saturated carbocycles. The number of likely N-dealkylation sites (tertiary alicyclic amines) is 1. The van der Waals surface area contributed by atoms with Crippen LogP contribution >= 0.6 is 0 Å². The first-order valence-electron chi connectivity index (χ1n) is 8.38. The third-order valence-electron chi connectivity index (χ3n) is 4.98. The Bertz CT molecular complexity index is 695. The maximum absolute atomic E-state index is 12.8. The highest BCUT2D eigenvalue weighted by Crippen LogP contribution is 2.26. The van der Waals surface area contributed by atoms with Gasteiger partial charge in [0.05, 0.1) is 35.7 Å². The molecule has 3 heterocycles. The summed E-state index contributed by atoms with van der Waals surface area (Å²) in [7, 11) is -3.02. The van der Waals surface area contributed by atoms with Crippen LogP contribution in [0.2, 0.25) is 0 Å². The van der Waals surface area contributed by atoms with Crippen LogP contribution in [0, 0.1) is 19.8 Å². The van der Waals surface area contributed by atoms with Crippen molar-refractivity contribution in [1.82, 2.24) is 14.7 Å². The second-order valence-corrected chi connectivity index (χ2v) is 9.12. The van der Waals surface area contributed by atoms with E-state index in [1.807, 2.05) is 29.5 Å². The van der Waals surface area contributed by atoms with E-state index in [1.54, 1.807) is 0 Å². The van der Waals surface area contributed by atoms with E-state index >= 15 is 0 Å². The minimum absolute atomic E-state index is 0.0228. The molecule has 1 aromatic heterocycles. The zero-order chi connectivity index (χ0) is 16.6. The summed E-state index contributed by atoms with van der Waals surface area (Å²) in [4.78, 5) is 14.7. The first kappa shape index (κ1) is 16.5. The van der Waals surface area contributed by atoms with Gasteiger partial charge in [-0.05, 0) is 45.6 Å². The van der Waals surface area contributed by atoms with E-state index < -0.39 is 9.84 Å². The van der Waals surface area contributed by atoms with Gasteiger partial charge in [0.1, 0.15) is 0 Å². The molecule has 2 saturated heterocycles. The van der Waals surface area contributed by atoms with Crippen LogP contribution in [0.1, 0.15) is 37.1 Å². The summed E-state index contributed by atoms with van der Waals surface area (Å²) in [5, 5.41) is 4.50. The quantitative estimate of drug-likeness (QED) is 0.832. The molecule has 2 fully saturated rings. The van der Waals surface area contributed by atoms with Crippen molar-refractivity contribution < 1.29 is 13.2 Å². The van der Waals surface area contributed by atoms with E-state index in [4.69, 9.17) is 0 Å². The molecule has 0 spiro atoms. The summed E-state index contributed by atoms with van der Waals surface area (Å²) in [5.41, 5.74) is 2.09. The van der Waals surface area contributed by atoms with Gasteiger partial charge in [-0.2, -0.15) is 5.10 Å². The molecule has 1 amide bonds. The summed E-state index contributed by atoms with van der Waals surface area (Å²) >= 11 is 0. The highest BCUT2D eigenvalue weighted by Gasteiger charge is 2.38. The standard InChI is InChI=1S/C16H25N3O3S/c1-12-9-13(2)19(17-12)10-15-5-3-4-7-18(15)16(20)14-6-8-23(21,22)11-14/h9,14-15H,3-8,10-11H2,1-2H3/t14-,15+/m0/s1. The molecular weight excluding hydrogens is 314 g/mol. The molecule has 3 rings (SSSR count). The van der Waals surface area contributed by atoms with Crippen molar-refractivity contribution in [2.24, 2.45) is 5.92 Å². The largest absolute Gasteiger partial charge is 0.338 e.